The Balaban J connectivity index is 1.46. The van der Waals surface area contributed by atoms with E-state index in [9.17, 15) is 4.79 Å². The van der Waals surface area contributed by atoms with Crippen molar-refractivity contribution in [1.29, 1.82) is 0 Å². The highest BCUT2D eigenvalue weighted by molar-refractivity contribution is 5.94. The molecule has 0 radical (unpaired) electrons. The molecule has 1 amide bonds. The van der Waals surface area contributed by atoms with Crippen LogP contribution in [0.1, 0.15) is 10.5 Å². The molecule has 3 aromatic rings. The molecule has 0 saturated carbocycles. The van der Waals surface area contributed by atoms with Crippen molar-refractivity contribution in [3.63, 3.8) is 0 Å². The summed E-state index contributed by atoms with van der Waals surface area (Å²) in [5.74, 6) is 0.782. The molecule has 1 aliphatic rings. The summed E-state index contributed by atoms with van der Waals surface area (Å²) in [5.41, 5.74) is 1.82. The highest BCUT2D eigenvalue weighted by Crippen LogP contribution is 2.14. The summed E-state index contributed by atoms with van der Waals surface area (Å²) in [4.78, 5) is 36.3. The number of nitrogens with one attached hydrogen (secondary N) is 1. The Kier molecular flexibility index (Phi) is 3.34. The lowest BCUT2D eigenvalue weighted by Gasteiger charge is -2.35. The number of amides is 1. The van der Waals surface area contributed by atoms with Gasteiger partial charge in [-0.1, -0.05) is 0 Å². The van der Waals surface area contributed by atoms with E-state index in [1.807, 2.05) is 11.0 Å². The van der Waals surface area contributed by atoms with E-state index in [1.165, 1.54) is 0 Å². The molecule has 0 atom stereocenters. The molecular weight excluding hydrogens is 294 g/mol. The van der Waals surface area contributed by atoms with Crippen molar-refractivity contribution in [2.45, 2.75) is 0 Å². The summed E-state index contributed by atoms with van der Waals surface area (Å²) in [6.07, 6.45) is 6.64. The number of aromatic nitrogens is 5. The first-order valence-electron chi connectivity index (χ1n) is 7.41. The average Bonchev–Trinajstić information content (AvgIpc) is 3.10. The number of hydrogen-bond donors (Lipinski definition) is 1. The minimum absolute atomic E-state index is 0.0614. The Morgan fingerprint density at radius 2 is 1.96 bits per heavy atom. The number of nitrogens with zero attached hydrogens (tertiary/aromatic N) is 6. The van der Waals surface area contributed by atoms with Crippen LogP contribution >= 0.6 is 0 Å². The fourth-order valence-corrected chi connectivity index (χ4v) is 2.70. The number of carbonyl (C=O) groups is 1. The third kappa shape index (κ3) is 2.59. The summed E-state index contributed by atoms with van der Waals surface area (Å²) in [7, 11) is 0. The van der Waals surface area contributed by atoms with Crippen LogP contribution in [0.25, 0.3) is 11.2 Å². The first kappa shape index (κ1) is 13.6. The standard InChI is InChI=1S/C15H15N7O/c23-15(12-2-1-11-14(20-12)19-10-18-11)22-7-5-21(6-8-22)13-9-16-3-4-17-13/h1-4,9-10H,5-8H2,(H,18,19,20). The van der Waals surface area contributed by atoms with Crippen LogP contribution in [0.4, 0.5) is 5.82 Å². The zero-order chi connectivity index (χ0) is 15.6. The molecule has 0 unspecified atom stereocenters. The highest BCUT2D eigenvalue weighted by Gasteiger charge is 2.24. The van der Waals surface area contributed by atoms with Gasteiger partial charge in [-0.3, -0.25) is 9.78 Å². The second-order valence-corrected chi connectivity index (χ2v) is 5.31. The molecule has 23 heavy (non-hydrogen) atoms. The zero-order valence-electron chi connectivity index (χ0n) is 12.4. The van der Waals surface area contributed by atoms with Crippen LogP contribution in [-0.2, 0) is 0 Å². The van der Waals surface area contributed by atoms with Gasteiger partial charge in [0.25, 0.3) is 5.91 Å². The van der Waals surface area contributed by atoms with Gasteiger partial charge >= 0.3 is 0 Å². The molecular formula is C15H15N7O. The second-order valence-electron chi connectivity index (χ2n) is 5.31. The van der Waals surface area contributed by atoms with E-state index in [4.69, 9.17) is 0 Å². The Morgan fingerprint density at radius 1 is 1.09 bits per heavy atom. The molecule has 0 bridgehead atoms. The lowest BCUT2D eigenvalue weighted by molar-refractivity contribution is 0.0741. The van der Waals surface area contributed by atoms with Gasteiger partial charge in [-0.05, 0) is 12.1 Å². The Bertz CT molecular complexity index is 824. The number of pyridine rings is 1. The van der Waals surface area contributed by atoms with E-state index in [1.54, 1.807) is 31.0 Å². The molecule has 4 rings (SSSR count). The van der Waals surface area contributed by atoms with E-state index >= 15 is 0 Å². The smallest absolute Gasteiger partial charge is 0.272 e. The summed E-state index contributed by atoms with van der Waals surface area (Å²) < 4.78 is 0. The maximum atomic E-state index is 12.6. The lowest BCUT2D eigenvalue weighted by atomic mass is 10.2. The van der Waals surface area contributed by atoms with Gasteiger partial charge in [0.05, 0.1) is 18.0 Å². The number of imidazole rings is 1. The van der Waals surface area contributed by atoms with E-state index in [-0.39, 0.29) is 5.91 Å². The van der Waals surface area contributed by atoms with Crippen LogP contribution in [0, 0.1) is 0 Å². The largest absolute Gasteiger partial charge is 0.352 e. The molecule has 1 fully saturated rings. The van der Waals surface area contributed by atoms with E-state index in [0.29, 0.717) is 24.4 Å². The summed E-state index contributed by atoms with van der Waals surface area (Å²) >= 11 is 0. The van der Waals surface area contributed by atoms with Crippen molar-refractivity contribution in [3.8, 4) is 0 Å². The monoisotopic (exact) mass is 309 g/mol. The number of H-pyrrole nitrogens is 1. The average molecular weight is 309 g/mol. The summed E-state index contributed by atoms with van der Waals surface area (Å²) in [6.45, 7) is 2.73. The molecule has 0 aliphatic carbocycles. The maximum absolute atomic E-state index is 12.6. The highest BCUT2D eigenvalue weighted by atomic mass is 16.2. The number of rotatable bonds is 2. The SMILES string of the molecule is O=C(c1ccc2[nH]cnc2n1)N1CCN(c2cnccn2)CC1. The molecule has 3 aromatic heterocycles. The van der Waals surface area contributed by atoms with Crippen molar-refractivity contribution in [3.05, 3.63) is 42.7 Å². The predicted molar refractivity (Wildman–Crippen MR) is 84.0 cm³/mol. The first-order chi connectivity index (χ1) is 11.3. The van der Waals surface area contributed by atoms with Crippen molar-refractivity contribution in [1.82, 2.24) is 29.8 Å². The Morgan fingerprint density at radius 3 is 2.74 bits per heavy atom. The van der Waals surface area contributed by atoms with Gasteiger partial charge in [-0.2, -0.15) is 0 Å². The molecule has 4 heterocycles. The van der Waals surface area contributed by atoms with E-state index in [0.717, 1.165) is 24.4 Å². The number of hydrogen-bond acceptors (Lipinski definition) is 6. The van der Waals surface area contributed by atoms with Gasteiger partial charge in [0, 0.05) is 38.6 Å². The molecule has 1 saturated heterocycles. The summed E-state index contributed by atoms with van der Waals surface area (Å²) in [6, 6.07) is 3.57. The predicted octanol–water partition coefficient (Wildman–Crippen LogP) is 0.710. The fourth-order valence-electron chi connectivity index (χ4n) is 2.70. The minimum Gasteiger partial charge on any atom is -0.352 e. The Labute approximate surface area is 132 Å². The third-order valence-corrected chi connectivity index (χ3v) is 3.94. The van der Waals surface area contributed by atoms with Gasteiger partial charge in [-0.25, -0.2) is 15.0 Å². The van der Waals surface area contributed by atoms with E-state index < -0.39 is 0 Å². The number of fused-ring (bicyclic) bond motifs is 1. The van der Waals surface area contributed by atoms with Crippen molar-refractivity contribution in [2.75, 3.05) is 31.1 Å². The van der Waals surface area contributed by atoms with Gasteiger partial charge in [0.15, 0.2) is 5.65 Å². The third-order valence-electron chi connectivity index (χ3n) is 3.94. The molecule has 1 aliphatic heterocycles. The van der Waals surface area contributed by atoms with Crippen LogP contribution in [0.15, 0.2) is 37.1 Å². The lowest BCUT2D eigenvalue weighted by Crippen LogP contribution is -2.49. The van der Waals surface area contributed by atoms with Crippen LogP contribution in [0.5, 0.6) is 0 Å². The van der Waals surface area contributed by atoms with Crippen LogP contribution in [-0.4, -0.2) is 61.9 Å². The van der Waals surface area contributed by atoms with Crippen molar-refractivity contribution < 1.29 is 4.79 Å². The summed E-state index contributed by atoms with van der Waals surface area (Å²) in [5, 5.41) is 0. The van der Waals surface area contributed by atoms with Crippen LogP contribution < -0.4 is 4.90 Å². The van der Waals surface area contributed by atoms with Gasteiger partial charge in [0.1, 0.15) is 11.5 Å². The van der Waals surface area contributed by atoms with Crippen LogP contribution in [0.2, 0.25) is 0 Å². The van der Waals surface area contributed by atoms with Gasteiger partial charge < -0.3 is 14.8 Å². The van der Waals surface area contributed by atoms with Gasteiger partial charge in [0.2, 0.25) is 0 Å². The number of aromatic amines is 1. The number of anilines is 1. The topological polar surface area (TPSA) is 90.9 Å². The number of piperazine rings is 1. The second kappa shape index (κ2) is 5.64. The molecule has 8 heteroatoms. The minimum atomic E-state index is -0.0614. The first-order valence-corrected chi connectivity index (χ1v) is 7.41. The molecule has 8 nitrogen and oxygen atoms in total. The van der Waals surface area contributed by atoms with Crippen molar-refractivity contribution in [2.24, 2.45) is 0 Å². The molecule has 0 aromatic carbocycles. The molecule has 1 N–H and O–H groups in total. The van der Waals surface area contributed by atoms with E-state index in [2.05, 4.69) is 29.8 Å². The number of carbonyl (C=O) groups excluding carboxylic acids is 1. The molecule has 116 valence electrons. The Hall–Kier alpha value is -3.03. The van der Waals surface area contributed by atoms with Crippen molar-refractivity contribution >= 4 is 22.9 Å². The quantitative estimate of drug-likeness (QED) is 0.750. The normalized spacial score (nSPS) is 15.1. The maximum Gasteiger partial charge on any atom is 0.272 e. The zero-order valence-corrected chi connectivity index (χ0v) is 12.4. The molecule has 0 spiro atoms. The fraction of sp³-hybridized carbons (Fsp3) is 0.267. The van der Waals surface area contributed by atoms with Gasteiger partial charge in [-0.15, -0.1) is 0 Å². The van der Waals surface area contributed by atoms with Crippen LogP contribution in [0.3, 0.4) is 0 Å².